The van der Waals surface area contributed by atoms with Crippen LogP contribution in [0.1, 0.15) is 10.5 Å². The molecule has 4 aromatic rings. The number of hydrogen-bond donors (Lipinski definition) is 1. The molecule has 1 aromatic carbocycles. The van der Waals surface area contributed by atoms with Crippen LogP contribution in [-0.4, -0.2) is 51.8 Å². The zero-order valence-electron chi connectivity index (χ0n) is 16.5. The van der Waals surface area contributed by atoms with Gasteiger partial charge in [0.25, 0.3) is 5.91 Å². The van der Waals surface area contributed by atoms with Crippen molar-refractivity contribution in [1.29, 1.82) is 0 Å². The van der Waals surface area contributed by atoms with Crippen LogP contribution in [0.4, 0.5) is 11.6 Å². The third-order valence-electron chi connectivity index (χ3n) is 5.06. The van der Waals surface area contributed by atoms with Gasteiger partial charge in [0.1, 0.15) is 17.3 Å². The number of morpholine rings is 1. The Labute approximate surface area is 183 Å². The normalized spacial score (nSPS) is 14.0. The zero-order chi connectivity index (χ0) is 21.2. The van der Waals surface area contributed by atoms with E-state index in [1.165, 1.54) is 0 Å². The van der Waals surface area contributed by atoms with Crippen molar-refractivity contribution >= 4 is 34.8 Å². The summed E-state index contributed by atoms with van der Waals surface area (Å²) in [4.78, 5) is 23.9. The van der Waals surface area contributed by atoms with Crippen molar-refractivity contribution in [2.45, 2.75) is 0 Å². The van der Waals surface area contributed by atoms with Gasteiger partial charge in [-0.2, -0.15) is 5.10 Å². The predicted octanol–water partition coefficient (Wildman–Crippen LogP) is 3.53. The number of carbonyl (C=O) groups excluding carboxylic acids is 1. The molecule has 5 rings (SSSR count). The summed E-state index contributed by atoms with van der Waals surface area (Å²) in [5.41, 5.74) is 2.38. The highest BCUT2D eigenvalue weighted by molar-refractivity contribution is 6.33. The molecule has 156 valence electrons. The van der Waals surface area contributed by atoms with Crippen molar-refractivity contribution in [3.63, 3.8) is 0 Å². The number of halogens is 1. The molecule has 0 unspecified atom stereocenters. The summed E-state index contributed by atoms with van der Waals surface area (Å²) in [5.74, 6) is 0.917. The number of anilines is 2. The number of benzene rings is 1. The van der Waals surface area contributed by atoms with E-state index in [2.05, 4.69) is 25.3 Å². The highest BCUT2D eigenvalue weighted by atomic mass is 35.5. The van der Waals surface area contributed by atoms with Crippen molar-refractivity contribution in [2.75, 3.05) is 36.5 Å². The van der Waals surface area contributed by atoms with Gasteiger partial charge in [-0.3, -0.25) is 4.79 Å². The number of aromatic nitrogens is 4. The molecule has 0 atom stereocenters. The maximum atomic E-state index is 12.9. The topological polar surface area (TPSA) is 84.7 Å². The first-order chi connectivity index (χ1) is 15.2. The Morgan fingerprint density at radius 1 is 1.03 bits per heavy atom. The second kappa shape index (κ2) is 8.33. The van der Waals surface area contributed by atoms with E-state index in [0.29, 0.717) is 35.4 Å². The van der Waals surface area contributed by atoms with E-state index in [1.54, 1.807) is 35.0 Å². The molecule has 1 N–H and O–H groups in total. The summed E-state index contributed by atoms with van der Waals surface area (Å²) in [6, 6.07) is 16.4. The maximum Gasteiger partial charge on any atom is 0.277 e. The lowest BCUT2D eigenvalue weighted by atomic mass is 10.2. The number of imidazole rings is 1. The van der Waals surface area contributed by atoms with Gasteiger partial charge < -0.3 is 15.0 Å². The molecule has 0 bridgehead atoms. The molecule has 4 heterocycles. The molecule has 0 saturated carbocycles. The Kier molecular flexibility index (Phi) is 5.23. The number of pyridine rings is 1. The summed E-state index contributed by atoms with van der Waals surface area (Å²) >= 11 is 6.34. The first-order valence-corrected chi connectivity index (χ1v) is 10.3. The Morgan fingerprint density at radius 2 is 1.87 bits per heavy atom. The van der Waals surface area contributed by atoms with Gasteiger partial charge in [0.15, 0.2) is 5.65 Å². The monoisotopic (exact) mass is 434 g/mol. The average Bonchev–Trinajstić information content (AvgIpc) is 3.23. The van der Waals surface area contributed by atoms with Gasteiger partial charge >= 0.3 is 0 Å². The number of ether oxygens (including phenoxy) is 1. The first kappa shape index (κ1) is 19.5. The molecular weight excluding hydrogens is 416 g/mol. The van der Waals surface area contributed by atoms with Crippen LogP contribution in [-0.2, 0) is 4.74 Å². The van der Waals surface area contributed by atoms with E-state index >= 15 is 0 Å². The molecule has 31 heavy (non-hydrogen) atoms. The Hall–Kier alpha value is -3.49. The molecule has 0 aliphatic carbocycles. The van der Waals surface area contributed by atoms with Gasteiger partial charge in [-0.25, -0.2) is 14.5 Å². The molecule has 1 aliphatic heterocycles. The first-order valence-electron chi connectivity index (χ1n) is 9.90. The van der Waals surface area contributed by atoms with Gasteiger partial charge in [-0.1, -0.05) is 35.9 Å². The SMILES string of the molecule is O=C(Nc1cccc(N2CCOCC2)n1)c1ccc2ncc(-c3ccccc3Cl)n2n1. The van der Waals surface area contributed by atoms with E-state index in [9.17, 15) is 4.79 Å². The Morgan fingerprint density at radius 3 is 2.71 bits per heavy atom. The summed E-state index contributed by atoms with van der Waals surface area (Å²) in [6.45, 7) is 2.88. The molecule has 8 nitrogen and oxygen atoms in total. The van der Waals surface area contributed by atoms with Crippen LogP contribution in [0.2, 0.25) is 5.02 Å². The van der Waals surface area contributed by atoms with E-state index in [1.807, 2.05) is 30.3 Å². The van der Waals surface area contributed by atoms with Gasteiger partial charge in [-0.15, -0.1) is 0 Å². The van der Waals surface area contributed by atoms with E-state index in [0.717, 1.165) is 24.5 Å². The second-order valence-corrected chi connectivity index (χ2v) is 7.45. The molecule has 1 aliphatic rings. The van der Waals surface area contributed by atoms with Crippen LogP contribution < -0.4 is 10.2 Å². The Bertz CT molecular complexity index is 1250. The lowest BCUT2D eigenvalue weighted by molar-refractivity contribution is 0.102. The molecule has 1 amide bonds. The standard InChI is InChI=1S/C22H19ClN6O2/c23-16-5-2-1-4-15(16)18-14-24-20-9-8-17(27-29(18)20)22(30)26-19-6-3-7-21(25-19)28-10-12-31-13-11-28/h1-9,14H,10-13H2,(H,25,26,30). The van der Waals surface area contributed by atoms with Crippen molar-refractivity contribution in [3.05, 3.63) is 71.5 Å². The highest BCUT2D eigenvalue weighted by Gasteiger charge is 2.16. The minimum atomic E-state index is -0.354. The number of nitrogens with zero attached hydrogens (tertiary/aromatic N) is 5. The summed E-state index contributed by atoms with van der Waals surface area (Å²) < 4.78 is 7.01. The molecule has 1 fully saturated rings. The van der Waals surface area contributed by atoms with Gasteiger partial charge in [0.05, 0.1) is 30.1 Å². The fraction of sp³-hybridized carbons (Fsp3) is 0.182. The lowest BCUT2D eigenvalue weighted by Crippen LogP contribution is -2.36. The van der Waals surface area contributed by atoms with Crippen LogP contribution in [0.3, 0.4) is 0 Å². The molecule has 3 aromatic heterocycles. The molecule has 1 saturated heterocycles. The van der Waals surface area contributed by atoms with Crippen molar-refractivity contribution in [1.82, 2.24) is 19.6 Å². The second-order valence-electron chi connectivity index (χ2n) is 7.05. The number of fused-ring (bicyclic) bond motifs is 1. The number of nitrogens with one attached hydrogen (secondary N) is 1. The fourth-order valence-corrected chi connectivity index (χ4v) is 3.72. The number of rotatable bonds is 4. The highest BCUT2D eigenvalue weighted by Crippen LogP contribution is 2.27. The fourth-order valence-electron chi connectivity index (χ4n) is 3.49. The molecule has 0 spiro atoms. The molecule has 0 radical (unpaired) electrons. The Balaban J connectivity index is 1.41. The maximum absolute atomic E-state index is 12.9. The van der Waals surface area contributed by atoms with Crippen LogP contribution >= 0.6 is 11.6 Å². The van der Waals surface area contributed by atoms with Crippen LogP contribution in [0.15, 0.2) is 60.8 Å². The smallest absolute Gasteiger partial charge is 0.277 e. The third kappa shape index (κ3) is 3.95. The summed E-state index contributed by atoms with van der Waals surface area (Å²) in [6.07, 6.45) is 1.69. The van der Waals surface area contributed by atoms with Gasteiger partial charge in [0, 0.05) is 18.7 Å². The van der Waals surface area contributed by atoms with E-state index in [4.69, 9.17) is 16.3 Å². The zero-order valence-corrected chi connectivity index (χ0v) is 17.3. The van der Waals surface area contributed by atoms with Crippen molar-refractivity contribution in [2.24, 2.45) is 0 Å². The largest absolute Gasteiger partial charge is 0.378 e. The van der Waals surface area contributed by atoms with E-state index < -0.39 is 0 Å². The number of amides is 1. The summed E-state index contributed by atoms with van der Waals surface area (Å²) in [7, 11) is 0. The van der Waals surface area contributed by atoms with Gasteiger partial charge in [0.2, 0.25) is 0 Å². The number of carbonyl (C=O) groups is 1. The minimum absolute atomic E-state index is 0.248. The van der Waals surface area contributed by atoms with E-state index in [-0.39, 0.29) is 11.6 Å². The average molecular weight is 435 g/mol. The van der Waals surface area contributed by atoms with Crippen molar-refractivity contribution in [3.8, 4) is 11.3 Å². The third-order valence-corrected chi connectivity index (χ3v) is 5.39. The molecular formula is C22H19ClN6O2. The summed E-state index contributed by atoms with van der Waals surface area (Å²) in [5, 5.41) is 7.91. The van der Waals surface area contributed by atoms with Crippen LogP contribution in [0.25, 0.3) is 16.9 Å². The van der Waals surface area contributed by atoms with Crippen LogP contribution in [0.5, 0.6) is 0 Å². The quantitative estimate of drug-likeness (QED) is 0.529. The van der Waals surface area contributed by atoms with Gasteiger partial charge in [-0.05, 0) is 30.3 Å². The lowest BCUT2D eigenvalue weighted by Gasteiger charge is -2.27. The minimum Gasteiger partial charge on any atom is -0.378 e. The van der Waals surface area contributed by atoms with Crippen molar-refractivity contribution < 1.29 is 9.53 Å². The predicted molar refractivity (Wildman–Crippen MR) is 119 cm³/mol. The number of hydrogen-bond acceptors (Lipinski definition) is 6. The molecule has 9 heteroatoms. The van der Waals surface area contributed by atoms with Crippen LogP contribution in [0, 0.1) is 0 Å².